The fourth-order valence-electron chi connectivity index (χ4n) is 3.73. The molecule has 1 aromatic carbocycles. The van der Waals surface area contributed by atoms with E-state index < -0.39 is 5.60 Å². The molecule has 4 aromatic rings. The monoisotopic (exact) mass is 455 g/mol. The van der Waals surface area contributed by atoms with Crippen molar-refractivity contribution in [2.75, 3.05) is 0 Å². The second kappa shape index (κ2) is 9.74. The summed E-state index contributed by atoms with van der Waals surface area (Å²) >= 11 is 0. The van der Waals surface area contributed by atoms with Gasteiger partial charge in [-0.05, 0) is 56.7 Å². The molecule has 7 nitrogen and oxygen atoms in total. The molecule has 0 saturated heterocycles. The number of benzene rings is 1. The van der Waals surface area contributed by atoms with E-state index in [4.69, 9.17) is 10.7 Å². The SMILES string of the molecule is CCCC(N)c1cccc(-c2cc(C#CC(C)(C)O)c3cnn(-c4cccc(CO)n4)c3c2)n1. The first-order valence-electron chi connectivity index (χ1n) is 11.4. The molecule has 34 heavy (non-hydrogen) atoms. The number of rotatable bonds is 6. The first-order valence-corrected chi connectivity index (χ1v) is 11.4. The van der Waals surface area contributed by atoms with E-state index in [1.807, 2.05) is 42.5 Å². The van der Waals surface area contributed by atoms with Crippen LogP contribution in [-0.4, -0.2) is 35.6 Å². The van der Waals surface area contributed by atoms with E-state index in [-0.39, 0.29) is 12.6 Å². The Hall–Kier alpha value is -3.57. The fraction of sp³-hybridized carbons (Fsp3) is 0.296. The lowest BCUT2D eigenvalue weighted by Gasteiger charge is -2.12. The topological polar surface area (TPSA) is 110 Å². The maximum absolute atomic E-state index is 10.2. The van der Waals surface area contributed by atoms with Crippen molar-refractivity contribution in [2.24, 2.45) is 5.73 Å². The standard InChI is InChI=1S/C27H29N5O2/c1-4-7-22(28)24-10-6-9-23(31-24)19-14-18(12-13-27(2,3)34)21-16-29-32(25(21)15-19)26-11-5-8-20(17-33)30-26/h5-6,8-11,14-16,22,33-34H,4,7,17,28H2,1-3H3. The molecule has 4 rings (SSSR count). The summed E-state index contributed by atoms with van der Waals surface area (Å²) in [6, 6.07) is 15.1. The predicted molar refractivity (Wildman–Crippen MR) is 133 cm³/mol. The highest BCUT2D eigenvalue weighted by atomic mass is 16.3. The largest absolute Gasteiger partial charge is 0.390 e. The van der Waals surface area contributed by atoms with Crippen LogP contribution in [-0.2, 0) is 6.61 Å². The molecule has 0 fully saturated rings. The Morgan fingerprint density at radius 3 is 2.65 bits per heavy atom. The second-order valence-electron chi connectivity index (χ2n) is 8.81. The maximum Gasteiger partial charge on any atom is 0.154 e. The van der Waals surface area contributed by atoms with Gasteiger partial charge < -0.3 is 15.9 Å². The minimum absolute atomic E-state index is 0.126. The van der Waals surface area contributed by atoms with Gasteiger partial charge in [0.2, 0.25) is 0 Å². The first-order chi connectivity index (χ1) is 16.3. The van der Waals surface area contributed by atoms with E-state index in [0.717, 1.165) is 46.3 Å². The van der Waals surface area contributed by atoms with Crippen molar-refractivity contribution in [3.05, 3.63) is 71.7 Å². The summed E-state index contributed by atoms with van der Waals surface area (Å²) < 4.78 is 1.72. The number of nitrogens with zero attached hydrogens (tertiary/aromatic N) is 4. The maximum atomic E-state index is 10.2. The van der Waals surface area contributed by atoms with Gasteiger partial charge in [0.25, 0.3) is 0 Å². The van der Waals surface area contributed by atoms with Crippen LogP contribution in [0, 0.1) is 11.8 Å². The van der Waals surface area contributed by atoms with Gasteiger partial charge in [-0.25, -0.2) is 9.67 Å². The molecule has 3 aromatic heterocycles. The van der Waals surface area contributed by atoms with Crippen LogP contribution >= 0.6 is 0 Å². The number of nitrogens with two attached hydrogens (primary N) is 1. The summed E-state index contributed by atoms with van der Waals surface area (Å²) in [5, 5.41) is 25.1. The lowest BCUT2D eigenvalue weighted by molar-refractivity contribution is 0.143. The molecule has 0 amide bonds. The van der Waals surface area contributed by atoms with Gasteiger partial charge in [0.1, 0.15) is 5.60 Å². The molecular formula is C27H29N5O2. The Labute approximate surface area is 199 Å². The molecule has 0 spiro atoms. The van der Waals surface area contributed by atoms with E-state index in [0.29, 0.717) is 11.5 Å². The average molecular weight is 456 g/mol. The third kappa shape index (κ3) is 5.15. The van der Waals surface area contributed by atoms with Crippen molar-refractivity contribution in [2.45, 2.75) is 51.9 Å². The number of pyridine rings is 2. The lowest BCUT2D eigenvalue weighted by Crippen LogP contribution is -2.14. The van der Waals surface area contributed by atoms with Gasteiger partial charge in [0.05, 0.1) is 35.4 Å². The molecule has 174 valence electrons. The Morgan fingerprint density at radius 1 is 1.12 bits per heavy atom. The molecule has 0 aliphatic heterocycles. The minimum atomic E-state index is -1.14. The fourth-order valence-corrected chi connectivity index (χ4v) is 3.73. The second-order valence-corrected chi connectivity index (χ2v) is 8.81. The van der Waals surface area contributed by atoms with Crippen molar-refractivity contribution in [1.29, 1.82) is 0 Å². The van der Waals surface area contributed by atoms with Crippen molar-refractivity contribution in [3.8, 4) is 28.9 Å². The van der Waals surface area contributed by atoms with Crippen LogP contribution in [0.5, 0.6) is 0 Å². The number of hydrogen-bond donors (Lipinski definition) is 3. The smallest absolute Gasteiger partial charge is 0.154 e. The third-order valence-corrected chi connectivity index (χ3v) is 5.41. The summed E-state index contributed by atoms with van der Waals surface area (Å²) in [6.07, 6.45) is 3.58. The lowest BCUT2D eigenvalue weighted by atomic mass is 10.0. The molecule has 4 N–H and O–H groups in total. The van der Waals surface area contributed by atoms with E-state index in [2.05, 4.69) is 28.8 Å². The molecule has 1 atom stereocenters. The highest BCUT2D eigenvalue weighted by Crippen LogP contribution is 2.29. The number of aromatic nitrogens is 4. The van der Waals surface area contributed by atoms with Crippen LogP contribution in [0.1, 0.15) is 56.6 Å². The molecule has 0 saturated carbocycles. The molecule has 0 bridgehead atoms. The van der Waals surface area contributed by atoms with Crippen molar-refractivity contribution in [1.82, 2.24) is 19.7 Å². The summed E-state index contributed by atoms with van der Waals surface area (Å²) in [7, 11) is 0. The van der Waals surface area contributed by atoms with Gasteiger partial charge in [-0.1, -0.05) is 37.3 Å². The summed E-state index contributed by atoms with van der Waals surface area (Å²) in [6.45, 7) is 5.24. The predicted octanol–water partition coefficient (Wildman–Crippen LogP) is 3.90. The quantitative estimate of drug-likeness (QED) is 0.381. The molecule has 0 radical (unpaired) electrons. The van der Waals surface area contributed by atoms with Crippen molar-refractivity contribution >= 4 is 10.9 Å². The molecular weight excluding hydrogens is 426 g/mol. The van der Waals surface area contributed by atoms with Crippen LogP contribution in [0.15, 0.2) is 54.7 Å². The number of aliphatic hydroxyl groups is 2. The molecule has 1 unspecified atom stereocenters. The van der Waals surface area contributed by atoms with E-state index in [1.54, 1.807) is 30.8 Å². The highest BCUT2D eigenvalue weighted by Gasteiger charge is 2.15. The van der Waals surface area contributed by atoms with Crippen LogP contribution in [0.4, 0.5) is 0 Å². The Morgan fingerprint density at radius 2 is 1.91 bits per heavy atom. The zero-order chi connectivity index (χ0) is 24.3. The minimum Gasteiger partial charge on any atom is -0.390 e. The Kier molecular flexibility index (Phi) is 6.75. The number of fused-ring (bicyclic) bond motifs is 1. The Balaban J connectivity index is 1.92. The van der Waals surface area contributed by atoms with Crippen molar-refractivity contribution < 1.29 is 10.2 Å². The molecule has 7 heteroatoms. The molecule has 0 aliphatic rings. The molecule has 0 aliphatic carbocycles. The van der Waals surface area contributed by atoms with Gasteiger partial charge in [-0.3, -0.25) is 4.98 Å². The van der Waals surface area contributed by atoms with Crippen molar-refractivity contribution in [3.63, 3.8) is 0 Å². The zero-order valence-electron chi connectivity index (χ0n) is 19.7. The summed E-state index contributed by atoms with van der Waals surface area (Å²) in [4.78, 5) is 9.33. The summed E-state index contributed by atoms with van der Waals surface area (Å²) in [5.74, 6) is 6.61. The number of aliphatic hydroxyl groups excluding tert-OH is 1. The average Bonchev–Trinajstić information content (AvgIpc) is 3.26. The van der Waals surface area contributed by atoms with Gasteiger partial charge >= 0.3 is 0 Å². The third-order valence-electron chi connectivity index (χ3n) is 5.41. The van der Waals surface area contributed by atoms with Gasteiger partial charge in [-0.15, -0.1) is 0 Å². The van der Waals surface area contributed by atoms with Crippen LogP contribution in [0.25, 0.3) is 28.0 Å². The van der Waals surface area contributed by atoms with Crippen LogP contribution in [0.3, 0.4) is 0 Å². The normalized spacial score (nSPS) is 12.4. The highest BCUT2D eigenvalue weighted by molar-refractivity contribution is 5.90. The van der Waals surface area contributed by atoms with E-state index in [1.165, 1.54) is 0 Å². The van der Waals surface area contributed by atoms with E-state index in [9.17, 15) is 10.2 Å². The number of hydrogen-bond acceptors (Lipinski definition) is 6. The Bertz CT molecular complexity index is 1380. The first kappa shape index (κ1) is 23.6. The van der Waals surface area contributed by atoms with Gasteiger partial charge in [-0.2, -0.15) is 5.10 Å². The van der Waals surface area contributed by atoms with Gasteiger partial charge in [0.15, 0.2) is 5.82 Å². The molecule has 3 heterocycles. The van der Waals surface area contributed by atoms with E-state index >= 15 is 0 Å². The van der Waals surface area contributed by atoms with Crippen LogP contribution in [0.2, 0.25) is 0 Å². The van der Waals surface area contributed by atoms with Gasteiger partial charge in [0, 0.05) is 22.6 Å². The zero-order valence-corrected chi connectivity index (χ0v) is 19.7. The van der Waals surface area contributed by atoms with Crippen LogP contribution < -0.4 is 5.73 Å². The summed E-state index contributed by atoms with van der Waals surface area (Å²) in [5.41, 5.74) is 9.74.